The van der Waals surface area contributed by atoms with Crippen molar-refractivity contribution in [3.8, 4) is 0 Å². The van der Waals surface area contributed by atoms with Crippen LogP contribution in [0.1, 0.15) is 30.0 Å². The minimum Gasteiger partial charge on any atom is -0.445 e. The number of amides is 1. The summed E-state index contributed by atoms with van der Waals surface area (Å²) in [4.78, 5) is 18.2. The molecule has 0 aromatic heterocycles. The number of likely N-dealkylation sites (tertiary alicyclic amines) is 1. The van der Waals surface area contributed by atoms with Gasteiger partial charge in [-0.3, -0.25) is 0 Å². The molecule has 4 rings (SSSR count). The van der Waals surface area contributed by atoms with Gasteiger partial charge in [-0.1, -0.05) is 54.6 Å². The molecular formula is C22H22N2O3. The lowest BCUT2D eigenvalue weighted by Crippen LogP contribution is -2.47. The number of piperidine rings is 1. The summed E-state index contributed by atoms with van der Waals surface area (Å²) in [6.45, 7) is 8.76. The van der Waals surface area contributed by atoms with E-state index in [-0.39, 0.29) is 30.8 Å². The summed E-state index contributed by atoms with van der Waals surface area (Å²) in [5.41, 5.74) is 2.62. The quantitative estimate of drug-likeness (QED) is 0.742. The van der Waals surface area contributed by atoms with E-state index in [0.717, 1.165) is 30.6 Å². The molecule has 3 unspecified atom stereocenters. The molecule has 2 aromatic rings. The van der Waals surface area contributed by atoms with Gasteiger partial charge in [0.2, 0.25) is 0 Å². The van der Waals surface area contributed by atoms with E-state index in [1.54, 1.807) is 0 Å². The Hall–Kier alpha value is -2.84. The van der Waals surface area contributed by atoms with Gasteiger partial charge in [-0.2, -0.15) is 0 Å². The van der Waals surface area contributed by atoms with E-state index in [1.807, 2.05) is 59.5 Å². The van der Waals surface area contributed by atoms with E-state index in [4.69, 9.17) is 16.0 Å². The Morgan fingerprint density at radius 1 is 1.15 bits per heavy atom. The first-order chi connectivity index (χ1) is 13.3. The molecule has 0 radical (unpaired) electrons. The van der Waals surface area contributed by atoms with Crippen LogP contribution in [0.3, 0.4) is 0 Å². The molecule has 27 heavy (non-hydrogen) atoms. The van der Waals surface area contributed by atoms with Gasteiger partial charge in [-0.25, -0.2) is 9.64 Å². The molecule has 2 fully saturated rings. The summed E-state index contributed by atoms with van der Waals surface area (Å²) >= 11 is 0. The van der Waals surface area contributed by atoms with E-state index >= 15 is 0 Å². The Balaban J connectivity index is 1.55. The van der Waals surface area contributed by atoms with Crippen molar-refractivity contribution in [2.45, 2.75) is 31.6 Å². The average Bonchev–Trinajstić information content (AvgIpc) is 3.21. The molecule has 0 aliphatic carbocycles. The van der Waals surface area contributed by atoms with E-state index in [2.05, 4.69) is 4.85 Å². The highest BCUT2D eigenvalue weighted by atomic mass is 16.6. The first-order valence-corrected chi connectivity index (χ1v) is 9.32. The monoisotopic (exact) mass is 362 g/mol. The SMILES string of the molecule is [C-]#[N+]c1ccc(C2C3CCOC3CCN2C(=O)OCc2ccccc2)cc1. The van der Waals surface area contributed by atoms with Crippen LogP contribution in [0.25, 0.3) is 4.85 Å². The van der Waals surface area contributed by atoms with Crippen LogP contribution in [0.5, 0.6) is 0 Å². The molecule has 2 aliphatic rings. The summed E-state index contributed by atoms with van der Waals surface area (Å²) in [7, 11) is 0. The van der Waals surface area contributed by atoms with Crippen LogP contribution in [0.2, 0.25) is 0 Å². The van der Waals surface area contributed by atoms with Crippen LogP contribution in [0.4, 0.5) is 10.5 Å². The molecule has 5 nitrogen and oxygen atoms in total. The number of nitrogens with zero attached hydrogens (tertiary/aromatic N) is 2. The van der Waals surface area contributed by atoms with Crippen LogP contribution in [0.15, 0.2) is 54.6 Å². The third-order valence-corrected chi connectivity index (χ3v) is 5.46. The number of benzene rings is 2. The lowest BCUT2D eigenvalue weighted by Gasteiger charge is -2.41. The summed E-state index contributed by atoms with van der Waals surface area (Å²) in [6, 6.07) is 17.2. The lowest BCUT2D eigenvalue weighted by molar-refractivity contribution is -0.00425. The normalized spacial score (nSPS) is 24.1. The van der Waals surface area contributed by atoms with Crippen LogP contribution in [-0.2, 0) is 16.1 Å². The van der Waals surface area contributed by atoms with Gasteiger partial charge in [0.15, 0.2) is 5.69 Å². The highest BCUT2D eigenvalue weighted by Crippen LogP contribution is 2.43. The fraction of sp³-hybridized carbons (Fsp3) is 0.364. The second-order valence-electron chi connectivity index (χ2n) is 7.03. The van der Waals surface area contributed by atoms with E-state index < -0.39 is 0 Å². The minimum atomic E-state index is -0.288. The summed E-state index contributed by atoms with van der Waals surface area (Å²) in [6.07, 6.45) is 1.67. The number of hydrogen-bond donors (Lipinski definition) is 0. The summed E-state index contributed by atoms with van der Waals surface area (Å²) in [5, 5.41) is 0. The zero-order valence-corrected chi connectivity index (χ0v) is 15.1. The number of carbonyl (C=O) groups is 1. The van der Waals surface area contributed by atoms with Crippen molar-refractivity contribution >= 4 is 11.8 Å². The third-order valence-electron chi connectivity index (χ3n) is 5.46. The molecule has 0 saturated carbocycles. The lowest BCUT2D eigenvalue weighted by atomic mass is 9.82. The fourth-order valence-corrected chi connectivity index (χ4v) is 4.14. The Kier molecular flexibility index (Phi) is 5.08. The molecule has 5 heteroatoms. The number of rotatable bonds is 3. The molecule has 0 bridgehead atoms. The van der Waals surface area contributed by atoms with E-state index in [1.165, 1.54) is 0 Å². The van der Waals surface area contributed by atoms with Crippen molar-refractivity contribution in [3.63, 3.8) is 0 Å². The third kappa shape index (κ3) is 3.67. The number of fused-ring (bicyclic) bond motifs is 1. The van der Waals surface area contributed by atoms with Crippen molar-refractivity contribution in [2.24, 2.45) is 5.92 Å². The van der Waals surface area contributed by atoms with Crippen LogP contribution in [-0.4, -0.2) is 30.2 Å². The zero-order valence-electron chi connectivity index (χ0n) is 15.1. The van der Waals surface area contributed by atoms with Gasteiger partial charge in [0.05, 0.1) is 18.7 Å². The maximum Gasteiger partial charge on any atom is 0.410 e. The molecule has 138 valence electrons. The van der Waals surface area contributed by atoms with E-state index in [0.29, 0.717) is 12.2 Å². The predicted molar refractivity (Wildman–Crippen MR) is 101 cm³/mol. The van der Waals surface area contributed by atoms with Crippen molar-refractivity contribution in [2.75, 3.05) is 13.2 Å². The van der Waals surface area contributed by atoms with Gasteiger partial charge < -0.3 is 14.4 Å². The first-order valence-electron chi connectivity index (χ1n) is 9.32. The zero-order chi connectivity index (χ0) is 18.6. The molecule has 0 spiro atoms. The highest BCUT2D eigenvalue weighted by Gasteiger charge is 2.44. The molecule has 1 amide bonds. The Bertz CT molecular complexity index is 829. The van der Waals surface area contributed by atoms with Crippen molar-refractivity contribution in [3.05, 3.63) is 77.1 Å². The Labute approximate surface area is 159 Å². The smallest absolute Gasteiger partial charge is 0.410 e. The average molecular weight is 362 g/mol. The topological polar surface area (TPSA) is 43.1 Å². The first kappa shape index (κ1) is 17.6. The standard InChI is InChI=1S/C22H22N2O3/c1-23-18-9-7-17(8-10-18)21-19-12-14-26-20(19)11-13-24(21)22(25)27-15-16-5-3-2-4-6-16/h2-10,19-21H,11-15H2. The van der Waals surface area contributed by atoms with Crippen molar-refractivity contribution in [1.82, 2.24) is 4.90 Å². The Morgan fingerprint density at radius 2 is 1.93 bits per heavy atom. The van der Waals surface area contributed by atoms with Gasteiger partial charge in [-0.05, 0) is 24.0 Å². The van der Waals surface area contributed by atoms with Gasteiger partial charge >= 0.3 is 6.09 Å². The van der Waals surface area contributed by atoms with Gasteiger partial charge in [0.25, 0.3) is 0 Å². The van der Waals surface area contributed by atoms with Crippen LogP contribution < -0.4 is 0 Å². The molecule has 3 atom stereocenters. The highest BCUT2D eigenvalue weighted by molar-refractivity contribution is 5.69. The molecule has 2 aromatic carbocycles. The van der Waals surface area contributed by atoms with Crippen LogP contribution in [0, 0.1) is 12.5 Å². The minimum absolute atomic E-state index is 0.0747. The largest absolute Gasteiger partial charge is 0.445 e. The maximum atomic E-state index is 12.9. The Morgan fingerprint density at radius 3 is 2.67 bits per heavy atom. The molecule has 2 aliphatic heterocycles. The molecule has 0 N–H and O–H groups in total. The maximum absolute atomic E-state index is 12.9. The number of carbonyl (C=O) groups excluding carboxylic acids is 1. The second kappa shape index (κ2) is 7.81. The van der Waals surface area contributed by atoms with Gasteiger partial charge in [-0.15, -0.1) is 0 Å². The number of ether oxygens (including phenoxy) is 2. The fourth-order valence-electron chi connectivity index (χ4n) is 4.14. The number of hydrogen-bond acceptors (Lipinski definition) is 3. The second-order valence-corrected chi connectivity index (χ2v) is 7.03. The van der Waals surface area contributed by atoms with Crippen molar-refractivity contribution in [1.29, 1.82) is 0 Å². The van der Waals surface area contributed by atoms with E-state index in [9.17, 15) is 4.79 Å². The summed E-state index contributed by atoms with van der Waals surface area (Å²) < 4.78 is 11.5. The van der Waals surface area contributed by atoms with Gasteiger partial charge in [0.1, 0.15) is 6.61 Å². The van der Waals surface area contributed by atoms with Crippen LogP contribution >= 0.6 is 0 Å². The van der Waals surface area contributed by atoms with Gasteiger partial charge in [0, 0.05) is 19.1 Å². The molecular weight excluding hydrogens is 340 g/mol. The van der Waals surface area contributed by atoms with Crippen molar-refractivity contribution < 1.29 is 14.3 Å². The molecule has 2 saturated heterocycles. The summed E-state index contributed by atoms with van der Waals surface area (Å²) in [5.74, 6) is 0.266. The molecule has 2 heterocycles. The predicted octanol–water partition coefficient (Wildman–Crippen LogP) is 4.73.